The van der Waals surface area contributed by atoms with E-state index in [0.717, 1.165) is 17.1 Å². The number of hydrogen-bond acceptors (Lipinski definition) is 2. The third-order valence-corrected chi connectivity index (χ3v) is 15.3. The van der Waals surface area contributed by atoms with Crippen molar-refractivity contribution < 1.29 is 0 Å². The van der Waals surface area contributed by atoms with Gasteiger partial charge in [0.05, 0.1) is 5.41 Å². The van der Waals surface area contributed by atoms with E-state index in [1.807, 2.05) is 11.3 Å². The molecular formula is C67H45NS. The average molecular weight is 896 g/mol. The standard InChI is InChI=1S/C67H45NS/c1-3-15-46(16-4-1)49-17-13-18-50(43-49)47-29-36-56(37-30-47)68(57-38-31-48(32-39-57)51-19-14-20-52(44-51)53-33-42-66-62(45-53)61-25-9-12-28-65(61)69-66)58-40-34-55(35-41-58)67(54-21-5-2-6-22-54)63-26-10-7-23-59(63)60-24-8-11-27-64(60)67/h1-45H. The van der Waals surface area contributed by atoms with Gasteiger partial charge in [0.15, 0.2) is 0 Å². The molecule has 1 nitrogen and oxygen atoms in total. The summed E-state index contributed by atoms with van der Waals surface area (Å²) in [6, 6.07) is 100. The molecule has 1 aromatic heterocycles. The van der Waals surface area contributed by atoms with Crippen LogP contribution in [0.3, 0.4) is 0 Å². The highest BCUT2D eigenvalue weighted by atomic mass is 32.1. The van der Waals surface area contributed by atoms with Crippen LogP contribution in [0.5, 0.6) is 0 Å². The number of nitrogens with zero attached hydrogens (tertiary/aromatic N) is 1. The van der Waals surface area contributed by atoms with Crippen LogP contribution >= 0.6 is 11.3 Å². The normalized spacial score (nSPS) is 12.5. The number of rotatable bonds is 9. The number of thiophene rings is 1. The third kappa shape index (κ3) is 7.00. The minimum Gasteiger partial charge on any atom is -0.311 e. The van der Waals surface area contributed by atoms with Crippen molar-refractivity contribution in [3.8, 4) is 55.6 Å². The predicted octanol–water partition coefficient (Wildman–Crippen LogP) is 18.6. The lowest BCUT2D eigenvalue weighted by Crippen LogP contribution is -2.28. The fourth-order valence-corrected chi connectivity index (χ4v) is 12.0. The first-order chi connectivity index (χ1) is 34.2. The molecular weight excluding hydrogens is 851 g/mol. The molecule has 0 saturated carbocycles. The van der Waals surface area contributed by atoms with E-state index in [9.17, 15) is 0 Å². The summed E-state index contributed by atoms with van der Waals surface area (Å²) in [5.74, 6) is 0. The van der Waals surface area contributed by atoms with Crippen molar-refractivity contribution in [2.45, 2.75) is 5.41 Å². The van der Waals surface area contributed by atoms with Gasteiger partial charge in [-0.3, -0.25) is 0 Å². The van der Waals surface area contributed by atoms with Crippen molar-refractivity contribution >= 4 is 48.6 Å². The lowest BCUT2D eigenvalue weighted by molar-refractivity contribution is 0.768. The molecule has 324 valence electrons. The summed E-state index contributed by atoms with van der Waals surface area (Å²) in [6.07, 6.45) is 0. The van der Waals surface area contributed by atoms with Gasteiger partial charge in [0.1, 0.15) is 0 Å². The molecule has 69 heavy (non-hydrogen) atoms. The number of fused-ring (bicyclic) bond motifs is 6. The van der Waals surface area contributed by atoms with Crippen LogP contribution in [0.15, 0.2) is 273 Å². The Bertz CT molecular complexity index is 3770. The highest BCUT2D eigenvalue weighted by molar-refractivity contribution is 7.25. The van der Waals surface area contributed by atoms with Gasteiger partial charge in [-0.05, 0) is 145 Å². The van der Waals surface area contributed by atoms with Gasteiger partial charge in [-0.2, -0.15) is 0 Å². The van der Waals surface area contributed by atoms with Crippen LogP contribution in [0.2, 0.25) is 0 Å². The van der Waals surface area contributed by atoms with Gasteiger partial charge < -0.3 is 4.90 Å². The molecule has 11 aromatic carbocycles. The Morgan fingerprint density at radius 2 is 0.652 bits per heavy atom. The van der Waals surface area contributed by atoms with Crippen molar-refractivity contribution in [3.05, 3.63) is 295 Å². The predicted molar refractivity (Wildman–Crippen MR) is 293 cm³/mol. The first kappa shape index (κ1) is 40.7. The smallest absolute Gasteiger partial charge is 0.0713 e. The maximum absolute atomic E-state index is 2.39. The maximum atomic E-state index is 2.39. The lowest BCUT2D eigenvalue weighted by atomic mass is 9.68. The second-order valence-corrected chi connectivity index (χ2v) is 19.1. The summed E-state index contributed by atoms with van der Waals surface area (Å²) in [7, 11) is 0. The topological polar surface area (TPSA) is 3.24 Å². The van der Waals surface area contributed by atoms with E-state index in [2.05, 4.69) is 278 Å². The zero-order valence-electron chi connectivity index (χ0n) is 37.8. The average Bonchev–Trinajstić information content (AvgIpc) is 3.96. The van der Waals surface area contributed by atoms with Gasteiger partial charge in [0, 0.05) is 37.2 Å². The summed E-state index contributed by atoms with van der Waals surface area (Å²) in [5, 5.41) is 2.64. The molecule has 0 amide bonds. The Kier molecular flexibility index (Phi) is 10.00. The highest BCUT2D eigenvalue weighted by Gasteiger charge is 2.45. The highest BCUT2D eigenvalue weighted by Crippen LogP contribution is 2.56. The van der Waals surface area contributed by atoms with Crippen LogP contribution in [0.1, 0.15) is 22.3 Å². The summed E-state index contributed by atoms with van der Waals surface area (Å²) in [6.45, 7) is 0. The molecule has 0 spiro atoms. The van der Waals surface area contributed by atoms with Crippen molar-refractivity contribution in [2.75, 3.05) is 4.90 Å². The van der Waals surface area contributed by atoms with Gasteiger partial charge >= 0.3 is 0 Å². The van der Waals surface area contributed by atoms with E-state index in [0.29, 0.717) is 0 Å². The number of benzene rings is 11. The summed E-state index contributed by atoms with van der Waals surface area (Å²) in [4.78, 5) is 2.39. The van der Waals surface area contributed by atoms with Gasteiger partial charge in [0.25, 0.3) is 0 Å². The van der Waals surface area contributed by atoms with Crippen LogP contribution < -0.4 is 4.90 Å². The van der Waals surface area contributed by atoms with E-state index in [1.54, 1.807) is 0 Å². The molecule has 12 aromatic rings. The van der Waals surface area contributed by atoms with E-state index in [4.69, 9.17) is 0 Å². The zero-order valence-corrected chi connectivity index (χ0v) is 38.7. The van der Waals surface area contributed by atoms with Crippen LogP contribution in [0.4, 0.5) is 17.1 Å². The van der Waals surface area contributed by atoms with Gasteiger partial charge in [-0.25, -0.2) is 0 Å². The van der Waals surface area contributed by atoms with Crippen molar-refractivity contribution in [2.24, 2.45) is 0 Å². The Labute approximate surface area is 407 Å². The molecule has 0 atom stereocenters. The Balaban J connectivity index is 0.895. The third-order valence-electron chi connectivity index (χ3n) is 14.2. The molecule has 1 aliphatic carbocycles. The van der Waals surface area contributed by atoms with Gasteiger partial charge in [-0.15, -0.1) is 11.3 Å². The van der Waals surface area contributed by atoms with Gasteiger partial charge in [0.2, 0.25) is 0 Å². The number of hydrogen-bond donors (Lipinski definition) is 0. The van der Waals surface area contributed by atoms with Crippen LogP contribution in [-0.2, 0) is 5.41 Å². The molecule has 13 rings (SSSR count). The quantitative estimate of drug-likeness (QED) is 0.140. The van der Waals surface area contributed by atoms with Crippen molar-refractivity contribution in [1.29, 1.82) is 0 Å². The summed E-state index contributed by atoms with van der Waals surface area (Å²) in [5.41, 5.74) is 20.1. The van der Waals surface area contributed by atoms with Crippen LogP contribution in [0, 0.1) is 0 Å². The summed E-state index contributed by atoms with van der Waals surface area (Å²) < 4.78 is 2.65. The number of anilines is 3. The Morgan fingerprint density at radius 1 is 0.261 bits per heavy atom. The molecule has 1 aliphatic rings. The molecule has 0 saturated heterocycles. The summed E-state index contributed by atoms with van der Waals surface area (Å²) >= 11 is 1.86. The largest absolute Gasteiger partial charge is 0.311 e. The maximum Gasteiger partial charge on any atom is 0.0713 e. The fraction of sp³-hybridized carbons (Fsp3) is 0.0149. The first-order valence-corrected chi connectivity index (χ1v) is 24.5. The molecule has 0 bridgehead atoms. The fourth-order valence-electron chi connectivity index (χ4n) is 10.9. The monoisotopic (exact) mass is 895 g/mol. The van der Waals surface area contributed by atoms with Crippen molar-refractivity contribution in [1.82, 2.24) is 0 Å². The van der Waals surface area contributed by atoms with Crippen LogP contribution in [-0.4, -0.2) is 0 Å². The minimum atomic E-state index is -0.465. The first-order valence-electron chi connectivity index (χ1n) is 23.7. The van der Waals surface area contributed by atoms with E-state index in [1.165, 1.54) is 98.1 Å². The molecule has 1 heterocycles. The van der Waals surface area contributed by atoms with E-state index >= 15 is 0 Å². The SMILES string of the molecule is c1ccc(-c2cccc(-c3ccc(N(c4ccc(-c5cccc(-c6ccc7sc8ccccc8c7c6)c5)cc4)c4ccc(C5(c6ccccc6)c6ccccc6-c6ccccc65)cc4)cc3)c2)cc1. The van der Waals surface area contributed by atoms with Crippen LogP contribution in [0.25, 0.3) is 75.8 Å². The van der Waals surface area contributed by atoms with Crippen molar-refractivity contribution in [3.63, 3.8) is 0 Å². The zero-order chi connectivity index (χ0) is 45.7. The minimum absolute atomic E-state index is 0.465. The molecule has 2 heteroatoms. The molecule has 0 N–H and O–H groups in total. The van der Waals surface area contributed by atoms with E-state index < -0.39 is 5.41 Å². The molecule has 0 aliphatic heterocycles. The Hall–Kier alpha value is -8.56. The second kappa shape index (κ2) is 16.9. The molecule has 0 fully saturated rings. The molecule has 0 radical (unpaired) electrons. The molecule has 0 unspecified atom stereocenters. The second-order valence-electron chi connectivity index (χ2n) is 18.0. The Morgan fingerprint density at radius 3 is 1.23 bits per heavy atom. The lowest BCUT2D eigenvalue weighted by Gasteiger charge is -2.34. The van der Waals surface area contributed by atoms with E-state index in [-0.39, 0.29) is 0 Å². The van der Waals surface area contributed by atoms with Gasteiger partial charge in [-0.1, -0.05) is 206 Å².